The van der Waals surface area contributed by atoms with Gasteiger partial charge in [0, 0.05) is 22.4 Å². The molecule has 2 rings (SSSR count). The van der Waals surface area contributed by atoms with Gasteiger partial charge < -0.3 is 5.32 Å². The monoisotopic (exact) mass is 293 g/mol. The Morgan fingerprint density at radius 1 is 1.28 bits per heavy atom. The predicted molar refractivity (Wildman–Crippen MR) is 72.3 cm³/mol. The lowest BCUT2D eigenvalue weighted by atomic mass is 10.1. The zero-order valence-electron chi connectivity index (χ0n) is 9.67. The van der Waals surface area contributed by atoms with Crippen LogP contribution in [0, 0.1) is 0 Å². The van der Waals surface area contributed by atoms with Crippen molar-refractivity contribution in [3.05, 3.63) is 24.3 Å². The molecule has 0 aromatic heterocycles. The zero-order chi connectivity index (χ0) is 13.0. The highest BCUT2D eigenvalue weighted by Crippen LogP contribution is 2.40. The van der Waals surface area contributed by atoms with Crippen molar-refractivity contribution in [1.29, 1.82) is 0 Å². The van der Waals surface area contributed by atoms with Crippen LogP contribution in [0.3, 0.4) is 0 Å². The Hall–Kier alpha value is -0.490. The molecule has 1 aliphatic rings. The minimum Gasteiger partial charge on any atom is -0.381 e. The van der Waals surface area contributed by atoms with Gasteiger partial charge >= 0.3 is 5.51 Å². The molecule has 1 heterocycles. The van der Waals surface area contributed by atoms with Crippen molar-refractivity contribution in [1.82, 2.24) is 0 Å². The Bertz CT molecular complexity index is 389. The molecule has 1 aromatic rings. The van der Waals surface area contributed by atoms with Gasteiger partial charge in [-0.15, -0.1) is 0 Å². The molecule has 0 spiro atoms. The molecule has 1 N–H and O–H groups in total. The van der Waals surface area contributed by atoms with Gasteiger partial charge in [0.25, 0.3) is 0 Å². The summed E-state index contributed by atoms with van der Waals surface area (Å²) >= 11 is 1.80. The quantitative estimate of drug-likeness (QED) is 0.818. The molecule has 1 atom stereocenters. The van der Waals surface area contributed by atoms with Gasteiger partial charge in [-0.25, -0.2) is 0 Å². The molecule has 100 valence electrons. The smallest absolute Gasteiger partial charge is 0.381 e. The number of para-hydroxylation sites is 1. The van der Waals surface area contributed by atoms with Gasteiger partial charge in [0.05, 0.1) is 0 Å². The average molecular weight is 293 g/mol. The van der Waals surface area contributed by atoms with E-state index in [4.69, 9.17) is 0 Å². The molecule has 0 saturated carbocycles. The van der Waals surface area contributed by atoms with E-state index in [2.05, 4.69) is 5.32 Å². The lowest BCUT2D eigenvalue weighted by Gasteiger charge is -2.24. The fourth-order valence-corrected chi connectivity index (χ4v) is 3.58. The third-order valence-corrected chi connectivity index (χ3v) is 4.66. The normalized spacial score (nSPS) is 20.7. The summed E-state index contributed by atoms with van der Waals surface area (Å²) < 4.78 is 37.3. The van der Waals surface area contributed by atoms with Crippen LogP contribution in [-0.2, 0) is 0 Å². The minimum absolute atomic E-state index is 0.0534. The Balaban J connectivity index is 2.06. The molecule has 1 fully saturated rings. The molecular weight excluding hydrogens is 279 g/mol. The molecule has 18 heavy (non-hydrogen) atoms. The number of hydrogen-bond acceptors (Lipinski definition) is 3. The number of benzene rings is 1. The highest BCUT2D eigenvalue weighted by molar-refractivity contribution is 8.00. The topological polar surface area (TPSA) is 12.0 Å². The van der Waals surface area contributed by atoms with Crippen LogP contribution in [0.1, 0.15) is 12.8 Å². The van der Waals surface area contributed by atoms with Gasteiger partial charge in [-0.1, -0.05) is 12.1 Å². The van der Waals surface area contributed by atoms with Crippen molar-refractivity contribution in [2.75, 3.05) is 16.8 Å². The molecule has 1 saturated heterocycles. The second kappa shape index (κ2) is 6.10. The number of hydrogen-bond donors (Lipinski definition) is 1. The van der Waals surface area contributed by atoms with Crippen molar-refractivity contribution < 1.29 is 13.2 Å². The van der Waals surface area contributed by atoms with Gasteiger partial charge in [-0.05, 0) is 42.5 Å². The van der Waals surface area contributed by atoms with Gasteiger partial charge in [0.2, 0.25) is 0 Å². The first-order valence-electron chi connectivity index (χ1n) is 5.74. The van der Waals surface area contributed by atoms with Crippen LogP contribution in [-0.4, -0.2) is 23.1 Å². The third-order valence-electron chi connectivity index (χ3n) is 2.63. The van der Waals surface area contributed by atoms with E-state index >= 15 is 0 Å². The first-order chi connectivity index (χ1) is 8.54. The summed E-state index contributed by atoms with van der Waals surface area (Å²) in [4.78, 5) is 0.251. The highest BCUT2D eigenvalue weighted by Gasteiger charge is 2.30. The van der Waals surface area contributed by atoms with E-state index < -0.39 is 5.51 Å². The predicted octanol–water partition coefficient (Wildman–Crippen LogP) is 4.61. The van der Waals surface area contributed by atoms with Crippen LogP contribution in [0.4, 0.5) is 18.9 Å². The summed E-state index contributed by atoms with van der Waals surface area (Å²) in [6, 6.07) is 6.90. The van der Waals surface area contributed by atoms with Gasteiger partial charge in [0.1, 0.15) is 0 Å². The van der Waals surface area contributed by atoms with Crippen LogP contribution >= 0.6 is 23.5 Å². The van der Waals surface area contributed by atoms with E-state index in [0.717, 1.165) is 24.3 Å². The standard InChI is InChI=1S/C12H14F3NS2/c13-12(14,15)18-11-6-2-1-5-10(11)16-9-4-3-7-17-8-9/h1-2,5-6,9,16H,3-4,7-8H2. The van der Waals surface area contributed by atoms with Gasteiger partial charge in [-0.2, -0.15) is 24.9 Å². The third kappa shape index (κ3) is 4.31. The van der Waals surface area contributed by atoms with E-state index in [9.17, 15) is 13.2 Å². The molecule has 1 unspecified atom stereocenters. The first-order valence-corrected chi connectivity index (χ1v) is 7.71. The highest BCUT2D eigenvalue weighted by atomic mass is 32.2. The summed E-state index contributed by atoms with van der Waals surface area (Å²) in [6.07, 6.45) is 2.15. The van der Waals surface area contributed by atoms with E-state index in [1.165, 1.54) is 6.07 Å². The summed E-state index contributed by atoms with van der Waals surface area (Å²) in [5.41, 5.74) is -3.65. The summed E-state index contributed by atoms with van der Waals surface area (Å²) in [5.74, 6) is 2.11. The maximum atomic E-state index is 12.4. The van der Waals surface area contributed by atoms with Crippen molar-refractivity contribution >= 4 is 29.2 Å². The van der Waals surface area contributed by atoms with E-state index in [0.29, 0.717) is 5.69 Å². The van der Waals surface area contributed by atoms with Gasteiger partial charge in [-0.3, -0.25) is 0 Å². The Morgan fingerprint density at radius 2 is 2.06 bits per heavy atom. The fourth-order valence-electron chi connectivity index (χ4n) is 1.87. The lowest BCUT2D eigenvalue weighted by molar-refractivity contribution is -0.0327. The van der Waals surface area contributed by atoms with Crippen LogP contribution in [0.5, 0.6) is 0 Å². The second-order valence-corrected chi connectivity index (χ2v) is 6.36. The Kier molecular flexibility index (Phi) is 4.72. The minimum atomic E-state index is -4.24. The number of anilines is 1. The number of rotatable bonds is 3. The molecule has 0 radical (unpaired) electrons. The number of thioether (sulfide) groups is 2. The van der Waals surface area contributed by atoms with Crippen LogP contribution in [0.25, 0.3) is 0 Å². The zero-order valence-corrected chi connectivity index (χ0v) is 11.3. The Labute approximate surface area is 113 Å². The Morgan fingerprint density at radius 3 is 2.72 bits per heavy atom. The van der Waals surface area contributed by atoms with Crippen LogP contribution in [0.2, 0.25) is 0 Å². The molecule has 6 heteroatoms. The average Bonchev–Trinajstić information content (AvgIpc) is 2.31. The largest absolute Gasteiger partial charge is 0.446 e. The summed E-state index contributed by atoms with van der Waals surface area (Å²) in [7, 11) is 0. The maximum absolute atomic E-state index is 12.4. The maximum Gasteiger partial charge on any atom is 0.446 e. The van der Waals surface area contributed by atoms with Crippen molar-refractivity contribution in [3.63, 3.8) is 0 Å². The summed E-state index contributed by atoms with van der Waals surface area (Å²) in [5, 5.41) is 3.23. The first kappa shape index (κ1) is 13.9. The fraction of sp³-hybridized carbons (Fsp3) is 0.500. The molecule has 1 aromatic carbocycles. The van der Waals surface area contributed by atoms with Crippen LogP contribution < -0.4 is 5.32 Å². The molecule has 1 nitrogen and oxygen atoms in total. The van der Waals surface area contributed by atoms with E-state index in [1.54, 1.807) is 18.2 Å². The van der Waals surface area contributed by atoms with Crippen molar-refractivity contribution in [2.24, 2.45) is 0 Å². The molecule has 0 bridgehead atoms. The van der Waals surface area contributed by atoms with Crippen molar-refractivity contribution in [3.8, 4) is 0 Å². The van der Waals surface area contributed by atoms with Crippen LogP contribution in [0.15, 0.2) is 29.2 Å². The molecule has 0 amide bonds. The summed E-state index contributed by atoms with van der Waals surface area (Å²) in [6.45, 7) is 0. The number of alkyl halides is 3. The van der Waals surface area contributed by atoms with Crippen molar-refractivity contribution in [2.45, 2.75) is 29.3 Å². The SMILES string of the molecule is FC(F)(F)Sc1ccccc1NC1CCCSC1. The van der Waals surface area contributed by atoms with E-state index in [1.807, 2.05) is 11.8 Å². The number of nitrogens with one attached hydrogen (secondary N) is 1. The molecular formula is C12H14F3NS2. The van der Waals surface area contributed by atoms with E-state index in [-0.39, 0.29) is 22.7 Å². The molecule has 1 aliphatic heterocycles. The number of halogens is 3. The second-order valence-electron chi connectivity index (χ2n) is 4.10. The lowest BCUT2D eigenvalue weighted by Crippen LogP contribution is -2.26. The molecule has 0 aliphatic carbocycles. The van der Waals surface area contributed by atoms with Gasteiger partial charge in [0.15, 0.2) is 0 Å².